The molecule has 0 fully saturated rings. The third kappa shape index (κ3) is 5.19. The quantitative estimate of drug-likeness (QED) is 0.393. The van der Waals surface area contributed by atoms with Crippen LogP contribution in [0.2, 0.25) is 0 Å². The van der Waals surface area contributed by atoms with Gasteiger partial charge in [-0.25, -0.2) is 13.6 Å². The van der Waals surface area contributed by atoms with E-state index in [2.05, 4.69) is 15.6 Å². The fraction of sp³-hybridized carbons (Fsp3) is 0.375. The smallest absolute Gasteiger partial charge is 0.247 e. The Morgan fingerprint density at radius 1 is 1.53 bits per heavy atom. The number of hydrogen-bond acceptors (Lipinski definition) is 4. The van der Waals surface area contributed by atoms with E-state index < -0.39 is 10.0 Å². The first kappa shape index (κ1) is 16.6. The van der Waals surface area contributed by atoms with Crippen molar-refractivity contribution in [1.82, 2.24) is 10.6 Å². The van der Waals surface area contributed by atoms with Crippen LogP contribution in [0.15, 0.2) is 21.3 Å². The highest BCUT2D eigenvalue weighted by Crippen LogP contribution is 2.19. The Kier molecular flexibility index (Phi) is 6.97. The topological polar surface area (TPSA) is 96.6 Å². The Bertz CT molecular complexity index is 483. The SMILES string of the molecule is CN=C(NC)NCc1ccc(S(N)(=O)=O)s1.I. The van der Waals surface area contributed by atoms with Gasteiger partial charge in [0.15, 0.2) is 5.96 Å². The van der Waals surface area contributed by atoms with Gasteiger partial charge in [-0.2, -0.15) is 0 Å². The fourth-order valence-electron chi connectivity index (χ4n) is 1.06. The second-order valence-corrected chi connectivity index (χ2v) is 5.90. The zero-order valence-corrected chi connectivity index (χ0v) is 13.4. The van der Waals surface area contributed by atoms with E-state index in [9.17, 15) is 8.42 Å². The highest BCUT2D eigenvalue weighted by atomic mass is 127. The molecule has 4 N–H and O–H groups in total. The maximum Gasteiger partial charge on any atom is 0.247 e. The van der Waals surface area contributed by atoms with E-state index in [1.54, 1.807) is 20.2 Å². The van der Waals surface area contributed by atoms with Gasteiger partial charge in [-0.3, -0.25) is 4.99 Å². The van der Waals surface area contributed by atoms with Crippen LogP contribution >= 0.6 is 35.3 Å². The van der Waals surface area contributed by atoms with Crippen LogP contribution < -0.4 is 15.8 Å². The second-order valence-electron chi connectivity index (χ2n) is 2.94. The number of hydrogen-bond donors (Lipinski definition) is 3. The second kappa shape index (κ2) is 7.13. The lowest BCUT2D eigenvalue weighted by molar-refractivity contribution is 0.600. The van der Waals surface area contributed by atoms with Crippen molar-refractivity contribution < 1.29 is 8.42 Å². The lowest BCUT2D eigenvalue weighted by Crippen LogP contribution is -2.33. The van der Waals surface area contributed by atoms with E-state index in [-0.39, 0.29) is 28.2 Å². The molecule has 1 heterocycles. The third-order valence-corrected chi connectivity index (χ3v) is 4.33. The zero-order valence-electron chi connectivity index (χ0n) is 9.43. The van der Waals surface area contributed by atoms with E-state index >= 15 is 0 Å². The van der Waals surface area contributed by atoms with Gasteiger partial charge < -0.3 is 10.6 Å². The van der Waals surface area contributed by atoms with Gasteiger partial charge in [0.25, 0.3) is 0 Å². The summed E-state index contributed by atoms with van der Waals surface area (Å²) in [6.45, 7) is 0.508. The van der Waals surface area contributed by atoms with E-state index in [0.29, 0.717) is 12.5 Å². The van der Waals surface area contributed by atoms with Crippen LogP contribution in [-0.4, -0.2) is 28.5 Å². The molecule has 0 saturated heterocycles. The van der Waals surface area contributed by atoms with Gasteiger partial charge >= 0.3 is 0 Å². The molecule has 0 unspecified atom stereocenters. The van der Waals surface area contributed by atoms with Gasteiger partial charge in [0.1, 0.15) is 4.21 Å². The molecule has 1 aromatic rings. The molecule has 0 bridgehead atoms. The van der Waals surface area contributed by atoms with Crippen LogP contribution in [-0.2, 0) is 16.6 Å². The van der Waals surface area contributed by atoms with Crippen molar-refractivity contribution in [2.45, 2.75) is 10.8 Å². The van der Waals surface area contributed by atoms with E-state index in [4.69, 9.17) is 5.14 Å². The number of thiophene rings is 1. The van der Waals surface area contributed by atoms with Crippen LogP contribution in [0, 0.1) is 0 Å². The summed E-state index contributed by atoms with van der Waals surface area (Å²) in [5, 5.41) is 10.9. The number of rotatable bonds is 3. The van der Waals surface area contributed by atoms with Crippen molar-refractivity contribution in [3.63, 3.8) is 0 Å². The van der Waals surface area contributed by atoms with Crippen LogP contribution in [0.3, 0.4) is 0 Å². The van der Waals surface area contributed by atoms with Crippen LogP contribution in [0.4, 0.5) is 0 Å². The summed E-state index contributed by atoms with van der Waals surface area (Å²) in [5.41, 5.74) is 0. The Labute approximate surface area is 122 Å². The summed E-state index contributed by atoms with van der Waals surface area (Å²) in [6.07, 6.45) is 0. The van der Waals surface area contributed by atoms with Crippen molar-refractivity contribution in [3.05, 3.63) is 17.0 Å². The van der Waals surface area contributed by atoms with Gasteiger partial charge in [0.2, 0.25) is 10.0 Å². The molecule has 0 radical (unpaired) electrons. The Balaban J connectivity index is 0.00000256. The Morgan fingerprint density at radius 3 is 2.59 bits per heavy atom. The number of halogens is 1. The van der Waals surface area contributed by atoms with Crippen molar-refractivity contribution >= 4 is 51.3 Å². The van der Waals surface area contributed by atoms with Crippen molar-refractivity contribution in [1.29, 1.82) is 0 Å². The van der Waals surface area contributed by atoms with Crippen molar-refractivity contribution in [3.8, 4) is 0 Å². The minimum atomic E-state index is -3.59. The number of nitrogens with one attached hydrogen (secondary N) is 2. The van der Waals surface area contributed by atoms with Crippen LogP contribution in [0.25, 0.3) is 0 Å². The lowest BCUT2D eigenvalue weighted by atomic mass is 10.5. The van der Waals surface area contributed by atoms with E-state index in [0.717, 1.165) is 16.2 Å². The maximum absolute atomic E-state index is 11.0. The summed E-state index contributed by atoms with van der Waals surface area (Å²) in [4.78, 5) is 4.81. The molecule has 6 nitrogen and oxygen atoms in total. The third-order valence-electron chi connectivity index (χ3n) is 1.81. The van der Waals surface area contributed by atoms with Gasteiger partial charge in [-0.1, -0.05) is 0 Å². The van der Waals surface area contributed by atoms with Gasteiger partial charge in [-0.05, 0) is 12.1 Å². The first-order chi connectivity index (χ1) is 7.47. The number of guanidine groups is 1. The summed E-state index contributed by atoms with van der Waals surface area (Å²) in [5.74, 6) is 0.644. The monoisotopic (exact) mass is 390 g/mol. The molecule has 0 aliphatic carbocycles. The molecule has 17 heavy (non-hydrogen) atoms. The predicted molar refractivity (Wildman–Crippen MR) is 80.4 cm³/mol. The molecule has 0 saturated carbocycles. The maximum atomic E-state index is 11.0. The average Bonchev–Trinajstić information content (AvgIpc) is 2.67. The first-order valence-corrected chi connectivity index (χ1v) is 6.83. The number of primary sulfonamides is 1. The number of nitrogens with zero attached hydrogens (tertiary/aromatic N) is 1. The normalized spacial score (nSPS) is 11.8. The van der Waals surface area contributed by atoms with E-state index in [1.807, 2.05) is 0 Å². The summed E-state index contributed by atoms with van der Waals surface area (Å²) >= 11 is 1.14. The summed E-state index contributed by atoms with van der Waals surface area (Å²) in [6, 6.07) is 3.22. The molecule has 1 aromatic heterocycles. The lowest BCUT2D eigenvalue weighted by Gasteiger charge is -2.06. The average molecular weight is 390 g/mol. The molecule has 0 spiro atoms. The molecule has 0 aliphatic rings. The highest BCUT2D eigenvalue weighted by Gasteiger charge is 2.10. The van der Waals surface area contributed by atoms with Crippen molar-refractivity contribution in [2.24, 2.45) is 10.1 Å². The van der Waals surface area contributed by atoms with Crippen molar-refractivity contribution in [2.75, 3.05) is 14.1 Å². The van der Waals surface area contributed by atoms with Gasteiger partial charge in [0, 0.05) is 19.0 Å². The highest BCUT2D eigenvalue weighted by molar-refractivity contribution is 14.0. The molecule has 1 rings (SSSR count). The molecular formula is C8H15IN4O2S2. The minimum absolute atomic E-state index is 0. The van der Waals surface area contributed by atoms with Gasteiger partial charge in [-0.15, -0.1) is 35.3 Å². The van der Waals surface area contributed by atoms with E-state index in [1.165, 1.54) is 6.07 Å². The standard InChI is InChI=1S/C8H14N4O2S2.HI/c1-10-8(11-2)12-5-6-3-4-7(15-6)16(9,13)14;/h3-4H,5H2,1-2H3,(H2,9,13,14)(H2,10,11,12);1H. The summed E-state index contributed by atoms with van der Waals surface area (Å²) in [7, 11) is -0.181. The zero-order chi connectivity index (χ0) is 12.2. The molecule has 9 heteroatoms. The minimum Gasteiger partial charge on any atom is -0.359 e. The molecule has 0 aromatic carbocycles. The Morgan fingerprint density at radius 2 is 2.18 bits per heavy atom. The number of sulfonamides is 1. The molecule has 0 atom stereocenters. The number of nitrogens with two attached hydrogens (primary N) is 1. The molecule has 0 amide bonds. The molecule has 0 aliphatic heterocycles. The largest absolute Gasteiger partial charge is 0.359 e. The number of aliphatic imine (C=N–C) groups is 1. The van der Waals surface area contributed by atoms with Crippen LogP contribution in [0.5, 0.6) is 0 Å². The Hall–Kier alpha value is -0.390. The molecule has 98 valence electrons. The first-order valence-electron chi connectivity index (χ1n) is 4.47. The fourth-order valence-corrected chi connectivity index (χ4v) is 2.77. The molecular weight excluding hydrogens is 375 g/mol. The van der Waals surface area contributed by atoms with Gasteiger partial charge in [0.05, 0.1) is 6.54 Å². The predicted octanol–water partition coefficient (Wildman–Crippen LogP) is 0.308. The summed E-state index contributed by atoms with van der Waals surface area (Å²) < 4.78 is 22.2. The van der Waals surface area contributed by atoms with Crippen LogP contribution in [0.1, 0.15) is 4.88 Å².